The van der Waals surface area contributed by atoms with Gasteiger partial charge in [-0.15, -0.1) is 0 Å². The maximum absolute atomic E-state index is 3.74. The van der Waals surface area contributed by atoms with Gasteiger partial charge in [0.15, 0.2) is 0 Å². The van der Waals surface area contributed by atoms with Crippen molar-refractivity contribution in [2.24, 2.45) is 0 Å². The molecule has 118 valence electrons. The van der Waals surface area contributed by atoms with Crippen molar-refractivity contribution in [3.05, 3.63) is 28.2 Å². The van der Waals surface area contributed by atoms with Crippen LogP contribution >= 0.6 is 27.7 Å². The van der Waals surface area contributed by atoms with Gasteiger partial charge >= 0.3 is 0 Å². The van der Waals surface area contributed by atoms with Gasteiger partial charge in [0.25, 0.3) is 0 Å². The van der Waals surface area contributed by atoms with Gasteiger partial charge in [-0.1, -0.05) is 22.0 Å². The van der Waals surface area contributed by atoms with Crippen LogP contribution in [-0.2, 0) is 6.54 Å². The molecule has 0 saturated carbocycles. The molecule has 1 aliphatic heterocycles. The number of benzene rings is 1. The molecule has 0 aliphatic carbocycles. The molecule has 0 radical (unpaired) electrons. The van der Waals surface area contributed by atoms with E-state index in [4.69, 9.17) is 0 Å². The predicted octanol–water partition coefficient (Wildman–Crippen LogP) is 4.67. The lowest BCUT2D eigenvalue weighted by Crippen LogP contribution is -2.43. The van der Waals surface area contributed by atoms with E-state index in [9.17, 15) is 0 Å². The average molecular weight is 371 g/mol. The number of rotatable bonds is 3. The molecular weight excluding hydrogens is 344 g/mol. The van der Waals surface area contributed by atoms with Crippen LogP contribution in [0.2, 0.25) is 0 Å². The SMILES string of the molecule is CC(C)(C)NCc1ccc(N2CCSC(C)(C)C2)cc1Br. The zero-order valence-corrected chi connectivity index (χ0v) is 16.2. The van der Waals surface area contributed by atoms with Crippen LogP contribution in [0.25, 0.3) is 0 Å². The normalized spacial score (nSPS) is 18.9. The van der Waals surface area contributed by atoms with E-state index >= 15 is 0 Å². The molecule has 1 aliphatic rings. The minimum absolute atomic E-state index is 0.145. The van der Waals surface area contributed by atoms with E-state index < -0.39 is 0 Å². The maximum Gasteiger partial charge on any atom is 0.0378 e. The van der Waals surface area contributed by atoms with Gasteiger partial charge in [0, 0.05) is 45.8 Å². The molecule has 0 aromatic heterocycles. The van der Waals surface area contributed by atoms with Crippen LogP contribution in [-0.4, -0.2) is 29.1 Å². The molecule has 0 amide bonds. The Morgan fingerprint density at radius 1 is 1.33 bits per heavy atom. The lowest BCUT2D eigenvalue weighted by Gasteiger charge is -2.39. The Hall–Kier alpha value is -0.190. The molecule has 1 fully saturated rings. The highest BCUT2D eigenvalue weighted by atomic mass is 79.9. The van der Waals surface area contributed by atoms with E-state index in [-0.39, 0.29) is 5.54 Å². The third-order valence-electron chi connectivity index (χ3n) is 3.64. The van der Waals surface area contributed by atoms with Gasteiger partial charge in [-0.2, -0.15) is 11.8 Å². The average Bonchev–Trinajstić information content (AvgIpc) is 2.35. The van der Waals surface area contributed by atoms with E-state index in [0.29, 0.717) is 4.75 Å². The van der Waals surface area contributed by atoms with Crippen LogP contribution < -0.4 is 10.2 Å². The largest absolute Gasteiger partial charge is 0.369 e. The molecule has 0 spiro atoms. The van der Waals surface area contributed by atoms with Crippen LogP contribution in [0.3, 0.4) is 0 Å². The van der Waals surface area contributed by atoms with Gasteiger partial charge < -0.3 is 10.2 Å². The first-order valence-electron chi connectivity index (χ1n) is 7.59. The van der Waals surface area contributed by atoms with Crippen LogP contribution in [0.1, 0.15) is 40.2 Å². The van der Waals surface area contributed by atoms with Crippen molar-refractivity contribution < 1.29 is 0 Å². The second kappa shape index (κ2) is 6.51. The molecule has 2 nitrogen and oxygen atoms in total. The number of hydrogen-bond donors (Lipinski definition) is 1. The van der Waals surface area contributed by atoms with Gasteiger partial charge in [0.1, 0.15) is 0 Å². The first-order chi connectivity index (χ1) is 9.66. The molecule has 1 saturated heterocycles. The fourth-order valence-electron chi connectivity index (χ4n) is 2.47. The Balaban J connectivity index is 2.08. The summed E-state index contributed by atoms with van der Waals surface area (Å²) in [5, 5.41) is 3.54. The van der Waals surface area contributed by atoms with Crippen molar-refractivity contribution in [2.75, 3.05) is 23.7 Å². The molecule has 1 aromatic carbocycles. The van der Waals surface area contributed by atoms with Crippen LogP contribution in [0, 0.1) is 0 Å². The third-order valence-corrected chi connectivity index (χ3v) is 5.67. The summed E-state index contributed by atoms with van der Waals surface area (Å²) in [5.41, 5.74) is 2.79. The minimum atomic E-state index is 0.145. The smallest absolute Gasteiger partial charge is 0.0378 e. The van der Waals surface area contributed by atoms with Gasteiger partial charge in [-0.05, 0) is 52.3 Å². The molecule has 1 aromatic rings. The molecule has 1 heterocycles. The van der Waals surface area contributed by atoms with Gasteiger partial charge in [-0.3, -0.25) is 0 Å². The number of halogens is 1. The second-order valence-electron chi connectivity index (χ2n) is 7.41. The lowest BCUT2D eigenvalue weighted by atomic mass is 10.1. The second-order valence-corrected chi connectivity index (χ2v) is 10.1. The van der Waals surface area contributed by atoms with Crippen LogP contribution in [0.15, 0.2) is 22.7 Å². The van der Waals surface area contributed by atoms with Crippen molar-refractivity contribution >= 4 is 33.4 Å². The number of hydrogen-bond acceptors (Lipinski definition) is 3. The topological polar surface area (TPSA) is 15.3 Å². The first-order valence-corrected chi connectivity index (χ1v) is 9.37. The highest BCUT2D eigenvalue weighted by Crippen LogP contribution is 2.33. The Labute approximate surface area is 142 Å². The highest BCUT2D eigenvalue weighted by Gasteiger charge is 2.27. The zero-order chi connectivity index (χ0) is 15.7. The molecule has 21 heavy (non-hydrogen) atoms. The molecular formula is C17H27BrN2S. The number of thioether (sulfide) groups is 1. The van der Waals surface area contributed by atoms with E-state index in [1.54, 1.807) is 0 Å². The third kappa shape index (κ3) is 5.19. The van der Waals surface area contributed by atoms with E-state index in [1.165, 1.54) is 21.5 Å². The summed E-state index contributed by atoms with van der Waals surface area (Å²) in [6.07, 6.45) is 0. The zero-order valence-electron chi connectivity index (χ0n) is 13.8. The summed E-state index contributed by atoms with van der Waals surface area (Å²) in [6.45, 7) is 14.4. The Bertz CT molecular complexity index is 494. The molecule has 4 heteroatoms. The first kappa shape index (κ1) is 17.2. The number of nitrogens with one attached hydrogen (secondary N) is 1. The van der Waals surface area contributed by atoms with Gasteiger partial charge in [0.05, 0.1) is 0 Å². The maximum atomic E-state index is 3.74. The van der Waals surface area contributed by atoms with Crippen molar-refractivity contribution in [1.82, 2.24) is 5.32 Å². The Kier molecular flexibility index (Phi) is 5.32. The summed E-state index contributed by atoms with van der Waals surface area (Å²) in [7, 11) is 0. The summed E-state index contributed by atoms with van der Waals surface area (Å²) in [4.78, 5) is 2.50. The Morgan fingerprint density at radius 3 is 2.62 bits per heavy atom. The number of anilines is 1. The van der Waals surface area contributed by atoms with E-state index in [1.807, 2.05) is 0 Å². The predicted molar refractivity (Wildman–Crippen MR) is 99.5 cm³/mol. The number of nitrogens with zero attached hydrogens (tertiary/aromatic N) is 1. The molecule has 0 bridgehead atoms. The van der Waals surface area contributed by atoms with E-state index in [0.717, 1.165) is 19.6 Å². The molecule has 1 N–H and O–H groups in total. The monoisotopic (exact) mass is 370 g/mol. The lowest BCUT2D eigenvalue weighted by molar-refractivity contribution is 0.424. The van der Waals surface area contributed by atoms with Crippen molar-refractivity contribution in [1.29, 1.82) is 0 Å². The Morgan fingerprint density at radius 2 is 2.05 bits per heavy atom. The van der Waals surface area contributed by atoms with Crippen molar-refractivity contribution in [3.63, 3.8) is 0 Å². The fraction of sp³-hybridized carbons (Fsp3) is 0.647. The van der Waals surface area contributed by atoms with Crippen LogP contribution in [0.5, 0.6) is 0 Å². The minimum Gasteiger partial charge on any atom is -0.369 e. The van der Waals surface area contributed by atoms with Crippen LogP contribution in [0.4, 0.5) is 5.69 Å². The summed E-state index contributed by atoms with van der Waals surface area (Å²) < 4.78 is 1.55. The summed E-state index contributed by atoms with van der Waals surface area (Å²) >= 11 is 5.81. The van der Waals surface area contributed by atoms with Gasteiger partial charge in [0.2, 0.25) is 0 Å². The molecule has 0 atom stereocenters. The van der Waals surface area contributed by atoms with Crippen molar-refractivity contribution in [3.8, 4) is 0 Å². The van der Waals surface area contributed by atoms with Crippen molar-refractivity contribution in [2.45, 2.75) is 51.4 Å². The molecule has 0 unspecified atom stereocenters. The van der Waals surface area contributed by atoms with Gasteiger partial charge in [-0.25, -0.2) is 0 Å². The molecule has 2 rings (SSSR count). The quantitative estimate of drug-likeness (QED) is 0.831. The van der Waals surface area contributed by atoms with E-state index in [2.05, 4.69) is 90.7 Å². The highest BCUT2D eigenvalue weighted by molar-refractivity contribution is 9.10. The summed E-state index contributed by atoms with van der Waals surface area (Å²) in [5.74, 6) is 1.21. The standard InChI is InChI=1S/C17H27BrN2S/c1-16(2,3)19-11-13-6-7-14(10-15(13)18)20-8-9-21-17(4,5)12-20/h6-7,10,19H,8-9,11-12H2,1-5H3. The summed E-state index contributed by atoms with van der Waals surface area (Å²) in [6, 6.07) is 6.77. The fourth-order valence-corrected chi connectivity index (χ4v) is 4.09.